The van der Waals surface area contributed by atoms with Crippen molar-refractivity contribution in [1.29, 1.82) is 0 Å². The van der Waals surface area contributed by atoms with Crippen molar-refractivity contribution in [2.24, 2.45) is 0 Å². The number of aromatic nitrogens is 2. The Bertz CT molecular complexity index is 840. The maximum absolute atomic E-state index is 12.5. The van der Waals surface area contributed by atoms with E-state index in [4.69, 9.17) is 4.74 Å². The number of fused-ring (bicyclic) bond motifs is 1. The SMILES string of the molecule is COc1ccc(C(=O)[C@H](C)Sc2nc3ccc(C)cc3[nH]2)cc1. The summed E-state index contributed by atoms with van der Waals surface area (Å²) < 4.78 is 5.12. The number of Topliss-reactive ketones (excluding diaryl/α,β-unsaturated/α-hetero) is 1. The lowest BCUT2D eigenvalue weighted by atomic mass is 10.1. The molecule has 4 nitrogen and oxygen atoms in total. The summed E-state index contributed by atoms with van der Waals surface area (Å²) in [6.07, 6.45) is 0. The summed E-state index contributed by atoms with van der Waals surface area (Å²) in [7, 11) is 1.61. The Hall–Kier alpha value is -2.27. The van der Waals surface area contributed by atoms with Crippen molar-refractivity contribution >= 4 is 28.6 Å². The minimum absolute atomic E-state index is 0.0780. The van der Waals surface area contributed by atoms with Gasteiger partial charge in [0.1, 0.15) is 5.75 Å². The molecule has 23 heavy (non-hydrogen) atoms. The number of H-pyrrole nitrogens is 1. The van der Waals surface area contributed by atoms with E-state index >= 15 is 0 Å². The normalized spacial score (nSPS) is 12.3. The third-order valence-corrected chi connectivity index (χ3v) is 4.63. The molecule has 3 aromatic rings. The summed E-state index contributed by atoms with van der Waals surface area (Å²) in [5, 5.41) is 0.546. The van der Waals surface area contributed by atoms with E-state index in [-0.39, 0.29) is 11.0 Å². The summed E-state index contributed by atoms with van der Waals surface area (Å²) in [5.74, 6) is 0.823. The number of aryl methyl sites for hydroxylation is 1. The van der Waals surface area contributed by atoms with E-state index in [0.717, 1.165) is 21.9 Å². The van der Waals surface area contributed by atoms with Gasteiger partial charge >= 0.3 is 0 Å². The molecule has 2 aromatic carbocycles. The van der Waals surface area contributed by atoms with Gasteiger partial charge < -0.3 is 9.72 Å². The molecule has 0 amide bonds. The van der Waals surface area contributed by atoms with Crippen LogP contribution in [0.25, 0.3) is 11.0 Å². The fraction of sp³-hybridized carbons (Fsp3) is 0.222. The van der Waals surface area contributed by atoms with Gasteiger partial charge in [-0.3, -0.25) is 4.79 Å². The van der Waals surface area contributed by atoms with Crippen molar-refractivity contribution in [3.05, 3.63) is 53.6 Å². The largest absolute Gasteiger partial charge is 0.497 e. The summed E-state index contributed by atoms with van der Waals surface area (Å²) in [4.78, 5) is 20.3. The highest BCUT2D eigenvalue weighted by Crippen LogP contribution is 2.26. The molecule has 0 unspecified atom stereocenters. The number of ketones is 1. The van der Waals surface area contributed by atoms with Crippen LogP contribution in [0.2, 0.25) is 0 Å². The van der Waals surface area contributed by atoms with E-state index in [1.807, 2.05) is 26.0 Å². The molecule has 0 aliphatic carbocycles. The second-order valence-corrected chi connectivity index (χ2v) is 6.74. The van der Waals surface area contributed by atoms with Crippen LogP contribution >= 0.6 is 11.8 Å². The van der Waals surface area contributed by atoms with Gasteiger partial charge in [-0.1, -0.05) is 17.8 Å². The van der Waals surface area contributed by atoms with E-state index in [2.05, 4.69) is 16.0 Å². The van der Waals surface area contributed by atoms with Crippen LogP contribution in [0.3, 0.4) is 0 Å². The van der Waals surface area contributed by atoms with E-state index < -0.39 is 0 Å². The molecule has 5 heteroatoms. The summed E-state index contributed by atoms with van der Waals surface area (Å²) >= 11 is 1.44. The molecule has 0 aliphatic heterocycles. The van der Waals surface area contributed by atoms with Crippen LogP contribution in [0, 0.1) is 6.92 Å². The summed E-state index contributed by atoms with van der Waals surface area (Å²) in [6.45, 7) is 3.94. The number of carbonyl (C=O) groups is 1. The average molecular weight is 326 g/mol. The van der Waals surface area contributed by atoms with Gasteiger partial charge in [0.25, 0.3) is 0 Å². The Morgan fingerprint density at radius 3 is 2.65 bits per heavy atom. The molecule has 1 heterocycles. The standard InChI is InChI=1S/C18H18N2O2S/c1-11-4-9-15-16(10-11)20-18(19-15)23-12(2)17(21)13-5-7-14(22-3)8-6-13/h4-10,12H,1-3H3,(H,19,20)/t12-/m0/s1. The number of thioether (sulfide) groups is 1. The molecule has 0 radical (unpaired) electrons. The number of carbonyl (C=O) groups excluding carboxylic acids is 1. The lowest BCUT2D eigenvalue weighted by Gasteiger charge is -2.08. The van der Waals surface area contributed by atoms with Crippen molar-refractivity contribution in [1.82, 2.24) is 9.97 Å². The molecule has 0 fully saturated rings. The fourth-order valence-electron chi connectivity index (χ4n) is 2.37. The lowest BCUT2D eigenvalue weighted by Crippen LogP contribution is -2.13. The minimum atomic E-state index is -0.218. The maximum Gasteiger partial charge on any atom is 0.175 e. The molecule has 0 aliphatic rings. The number of nitrogens with zero attached hydrogens (tertiary/aromatic N) is 1. The first-order valence-corrected chi connectivity index (χ1v) is 8.26. The van der Waals surface area contributed by atoms with Gasteiger partial charge in [0.15, 0.2) is 10.9 Å². The zero-order valence-corrected chi connectivity index (χ0v) is 14.1. The number of imidazole rings is 1. The van der Waals surface area contributed by atoms with Crippen molar-refractivity contribution < 1.29 is 9.53 Å². The van der Waals surface area contributed by atoms with Gasteiger partial charge in [0, 0.05) is 5.56 Å². The fourth-order valence-corrected chi connectivity index (χ4v) is 3.26. The molecule has 1 atom stereocenters. The molecule has 0 bridgehead atoms. The van der Waals surface area contributed by atoms with Crippen molar-refractivity contribution in [3.63, 3.8) is 0 Å². The molecular formula is C18H18N2O2S. The second kappa shape index (κ2) is 6.46. The van der Waals surface area contributed by atoms with Crippen LogP contribution in [0.4, 0.5) is 0 Å². The van der Waals surface area contributed by atoms with Gasteiger partial charge in [-0.2, -0.15) is 0 Å². The molecular weight excluding hydrogens is 308 g/mol. The predicted molar refractivity (Wildman–Crippen MR) is 93.5 cm³/mol. The van der Waals surface area contributed by atoms with Crippen molar-refractivity contribution in [2.45, 2.75) is 24.3 Å². The van der Waals surface area contributed by atoms with Crippen molar-refractivity contribution in [3.8, 4) is 5.75 Å². The Kier molecular flexibility index (Phi) is 4.39. The van der Waals surface area contributed by atoms with E-state index in [9.17, 15) is 4.79 Å². The number of aromatic amines is 1. The van der Waals surface area contributed by atoms with Gasteiger partial charge in [0.2, 0.25) is 0 Å². The minimum Gasteiger partial charge on any atom is -0.497 e. The Balaban J connectivity index is 1.76. The smallest absolute Gasteiger partial charge is 0.175 e. The first kappa shape index (κ1) is 15.6. The van der Waals surface area contributed by atoms with Crippen LogP contribution in [0.15, 0.2) is 47.6 Å². The van der Waals surface area contributed by atoms with Gasteiger partial charge in [-0.25, -0.2) is 4.98 Å². The summed E-state index contributed by atoms with van der Waals surface area (Å²) in [5.41, 5.74) is 3.77. The molecule has 0 saturated heterocycles. The molecule has 1 N–H and O–H groups in total. The quantitative estimate of drug-likeness (QED) is 0.563. The highest BCUT2D eigenvalue weighted by molar-refractivity contribution is 8.00. The molecule has 0 saturated carbocycles. The maximum atomic E-state index is 12.5. The molecule has 3 rings (SSSR count). The van der Waals surface area contributed by atoms with Crippen LogP contribution < -0.4 is 4.74 Å². The van der Waals surface area contributed by atoms with Gasteiger partial charge in [0.05, 0.1) is 23.4 Å². The molecule has 1 aromatic heterocycles. The third-order valence-electron chi connectivity index (χ3n) is 3.65. The Labute approximate surface area is 139 Å². The summed E-state index contributed by atoms with van der Waals surface area (Å²) in [6, 6.07) is 13.3. The zero-order valence-electron chi connectivity index (χ0n) is 13.3. The molecule has 0 spiro atoms. The Morgan fingerprint density at radius 1 is 1.22 bits per heavy atom. The van der Waals surface area contributed by atoms with Crippen LogP contribution in [-0.4, -0.2) is 28.1 Å². The number of hydrogen-bond acceptors (Lipinski definition) is 4. The second-order valence-electron chi connectivity index (χ2n) is 5.42. The van der Waals surface area contributed by atoms with Crippen LogP contribution in [-0.2, 0) is 0 Å². The van der Waals surface area contributed by atoms with Gasteiger partial charge in [-0.15, -0.1) is 0 Å². The number of benzene rings is 2. The first-order valence-electron chi connectivity index (χ1n) is 7.38. The van der Waals surface area contributed by atoms with Gasteiger partial charge in [-0.05, 0) is 55.8 Å². The molecule has 118 valence electrons. The monoisotopic (exact) mass is 326 g/mol. The predicted octanol–water partition coefficient (Wildman–Crippen LogP) is 4.24. The topological polar surface area (TPSA) is 55.0 Å². The van der Waals surface area contributed by atoms with E-state index in [1.165, 1.54) is 17.3 Å². The zero-order chi connectivity index (χ0) is 16.4. The number of methoxy groups -OCH3 is 1. The number of nitrogens with one attached hydrogen (secondary N) is 1. The van der Waals surface area contributed by atoms with Crippen LogP contribution in [0.1, 0.15) is 22.8 Å². The Morgan fingerprint density at radius 2 is 1.96 bits per heavy atom. The van der Waals surface area contributed by atoms with Crippen LogP contribution in [0.5, 0.6) is 5.75 Å². The average Bonchev–Trinajstić information content (AvgIpc) is 2.95. The van der Waals surface area contributed by atoms with E-state index in [0.29, 0.717) is 5.56 Å². The number of rotatable bonds is 5. The van der Waals surface area contributed by atoms with Crippen molar-refractivity contribution in [2.75, 3.05) is 7.11 Å². The first-order chi connectivity index (χ1) is 11.1. The third kappa shape index (κ3) is 3.40. The number of hydrogen-bond donors (Lipinski definition) is 1. The lowest BCUT2D eigenvalue weighted by molar-refractivity contribution is 0.0994. The van der Waals surface area contributed by atoms with E-state index in [1.54, 1.807) is 31.4 Å². The highest BCUT2D eigenvalue weighted by Gasteiger charge is 2.18. The number of ether oxygens (including phenoxy) is 1. The highest BCUT2D eigenvalue weighted by atomic mass is 32.2.